The number of nitrogens with zero attached hydrogens (tertiary/aromatic N) is 4. The smallest absolute Gasteiger partial charge is 0.209 e. The molecule has 0 fully saturated rings. The molecule has 0 radical (unpaired) electrons. The van der Waals surface area contributed by atoms with E-state index in [2.05, 4.69) is 156 Å². The van der Waals surface area contributed by atoms with Crippen LogP contribution >= 0.6 is 0 Å². The summed E-state index contributed by atoms with van der Waals surface area (Å²) in [5, 5.41) is 6.06. The van der Waals surface area contributed by atoms with Gasteiger partial charge in [-0.3, -0.25) is 9.56 Å². The predicted octanol–water partition coefficient (Wildman–Crippen LogP) is 9.97. The topological polar surface area (TPSA) is 44.9 Å². The molecule has 5 heteroatoms. The highest BCUT2D eigenvalue weighted by molar-refractivity contribution is 6.21. The second-order valence-electron chi connectivity index (χ2n) is 12.7. The highest BCUT2D eigenvalue weighted by Gasteiger charge is 2.39. The van der Waals surface area contributed by atoms with E-state index in [-0.39, 0.29) is 5.41 Å². The van der Waals surface area contributed by atoms with Gasteiger partial charge in [-0.2, -0.15) is 0 Å². The second kappa shape index (κ2) is 12.0. The maximum Gasteiger partial charge on any atom is 0.209 e. The van der Waals surface area contributed by atoms with Crippen LogP contribution in [0.4, 0.5) is 17.1 Å². The molecular weight excluding hydrogens is 587 g/mol. The fraction of sp³-hybridized carbons (Fsp3) is 0.116. The lowest BCUT2D eigenvalue weighted by Gasteiger charge is -2.42. The first-order chi connectivity index (χ1) is 23.6. The molecule has 6 aromatic carbocycles. The predicted molar refractivity (Wildman–Crippen MR) is 201 cm³/mol. The van der Waals surface area contributed by atoms with E-state index in [4.69, 9.17) is 9.98 Å². The molecule has 0 bridgehead atoms. The number of para-hydroxylation sites is 3. The van der Waals surface area contributed by atoms with Crippen LogP contribution in [0.2, 0.25) is 0 Å². The Kier molecular flexibility index (Phi) is 7.37. The van der Waals surface area contributed by atoms with Crippen molar-refractivity contribution in [1.82, 2.24) is 9.88 Å². The van der Waals surface area contributed by atoms with Crippen molar-refractivity contribution >= 4 is 50.7 Å². The quantitative estimate of drug-likeness (QED) is 0.157. The SMILES string of the molecule is CN=C(NC(=NCc1ccccc1)n1c2ccccc2c2ccc3c(c21)N(c1ccccc1)c1ccccc1C3(C)C)c1ccccc1. The van der Waals surface area contributed by atoms with Gasteiger partial charge in [-0.05, 0) is 41.0 Å². The third-order valence-electron chi connectivity index (χ3n) is 9.51. The molecule has 234 valence electrons. The standard InChI is InChI=1S/C43H37N5/c1-43(2)35-24-14-16-26-38(35)47(32-21-11-6-12-22-32)40-36(43)28-27-34-33-23-13-15-25-37(33)48(39(34)40)42(45-29-30-17-7-4-8-18-30)46-41(44-3)31-19-9-5-10-20-31/h4-28H,29H2,1-3H3,(H,44,45,46). The number of amidine groups is 1. The van der Waals surface area contributed by atoms with Gasteiger partial charge in [0.1, 0.15) is 5.84 Å². The van der Waals surface area contributed by atoms with Gasteiger partial charge in [-0.25, -0.2) is 4.99 Å². The van der Waals surface area contributed by atoms with Crippen molar-refractivity contribution in [2.75, 3.05) is 11.9 Å². The third-order valence-corrected chi connectivity index (χ3v) is 9.51. The first-order valence-corrected chi connectivity index (χ1v) is 16.5. The van der Waals surface area contributed by atoms with Crippen molar-refractivity contribution in [3.8, 4) is 0 Å². The van der Waals surface area contributed by atoms with Gasteiger partial charge in [-0.15, -0.1) is 0 Å². The van der Waals surface area contributed by atoms with Gasteiger partial charge in [-0.1, -0.05) is 141 Å². The number of aromatic nitrogens is 1. The Hall–Kier alpha value is -5.94. The number of fused-ring (bicyclic) bond motifs is 6. The summed E-state index contributed by atoms with van der Waals surface area (Å²) in [6.07, 6.45) is 0. The minimum atomic E-state index is -0.248. The number of anilines is 3. The lowest BCUT2D eigenvalue weighted by molar-refractivity contribution is 0.633. The summed E-state index contributed by atoms with van der Waals surface area (Å²) in [4.78, 5) is 12.5. The van der Waals surface area contributed by atoms with E-state index in [0.717, 1.165) is 39.4 Å². The monoisotopic (exact) mass is 623 g/mol. The minimum Gasteiger partial charge on any atom is -0.310 e. The van der Waals surface area contributed by atoms with Crippen LogP contribution < -0.4 is 10.2 Å². The summed E-state index contributed by atoms with van der Waals surface area (Å²) >= 11 is 0. The molecule has 7 aromatic rings. The minimum absolute atomic E-state index is 0.248. The molecule has 2 heterocycles. The Balaban J connectivity index is 1.47. The van der Waals surface area contributed by atoms with Gasteiger partial charge in [0.05, 0.1) is 29.0 Å². The van der Waals surface area contributed by atoms with Crippen molar-refractivity contribution in [3.05, 3.63) is 174 Å². The van der Waals surface area contributed by atoms with Gasteiger partial charge in [0.25, 0.3) is 0 Å². The number of rotatable bonds is 4. The number of hydrogen-bond acceptors (Lipinski definition) is 3. The Bertz CT molecular complexity index is 2320. The van der Waals surface area contributed by atoms with Crippen LogP contribution in [0.15, 0.2) is 162 Å². The summed E-state index contributed by atoms with van der Waals surface area (Å²) < 4.78 is 2.32. The van der Waals surface area contributed by atoms with Gasteiger partial charge < -0.3 is 10.2 Å². The normalized spacial score (nSPS) is 14.2. The molecule has 8 rings (SSSR count). The van der Waals surface area contributed by atoms with Crippen LogP contribution in [0.5, 0.6) is 0 Å². The summed E-state index contributed by atoms with van der Waals surface area (Å²) in [6.45, 7) is 5.19. The Labute approximate surface area is 281 Å². The molecule has 1 aliphatic heterocycles. The van der Waals surface area contributed by atoms with E-state index in [9.17, 15) is 0 Å². The zero-order chi connectivity index (χ0) is 32.7. The highest BCUT2D eigenvalue weighted by Crippen LogP contribution is 2.54. The van der Waals surface area contributed by atoms with Crippen molar-refractivity contribution in [2.24, 2.45) is 9.98 Å². The van der Waals surface area contributed by atoms with Crippen LogP contribution in [0.3, 0.4) is 0 Å². The lowest BCUT2D eigenvalue weighted by atomic mass is 9.73. The number of hydrogen-bond donors (Lipinski definition) is 1. The van der Waals surface area contributed by atoms with Crippen molar-refractivity contribution < 1.29 is 0 Å². The molecule has 0 unspecified atom stereocenters. The first-order valence-electron chi connectivity index (χ1n) is 16.5. The van der Waals surface area contributed by atoms with Crippen LogP contribution in [0, 0.1) is 0 Å². The molecule has 0 saturated carbocycles. The average Bonchev–Trinajstić information content (AvgIpc) is 3.48. The maximum atomic E-state index is 5.35. The van der Waals surface area contributed by atoms with E-state index in [1.165, 1.54) is 27.6 Å². The molecule has 1 aliphatic rings. The van der Waals surface area contributed by atoms with Gasteiger partial charge in [0, 0.05) is 34.5 Å². The largest absolute Gasteiger partial charge is 0.310 e. The summed E-state index contributed by atoms with van der Waals surface area (Å²) in [6, 6.07) is 53.5. The molecule has 48 heavy (non-hydrogen) atoms. The first kappa shape index (κ1) is 29.5. The number of aliphatic imine (C=N–C) groups is 2. The molecule has 1 aromatic heterocycles. The molecule has 0 aliphatic carbocycles. The van der Waals surface area contributed by atoms with Crippen LogP contribution in [0.25, 0.3) is 21.8 Å². The van der Waals surface area contributed by atoms with E-state index < -0.39 is 0 Å². The second-order valence-corrected chi connectivity index (χ2v) is 12.7. The number of benzene rings is 6. The molecule has 1 N–H and O–H groups in total. The fourth-order valence-corrected chi connectivity index (χ4v) is 7.17. The van der Waals surface area contributed by atoms with Crippen molar-refractivity contribution in [2.45, 2.75) is 25.8 Å². The maximum absolute atomic E-state index is 5.35. The van der Waals surface area contributed by atoms with Crippen LogP contribution in [-0.2, 0) is 12.0 Å². The van der Waals surface area contributed by atoms with Gasteiger partial charge in [0.2, 0.25) is 5.96 Å². The summed E-state index contributed by atoms with van der Waals surface area (Å²) in [5.74, 6) is 1.47. The van der Waals surface area contributed by atoms with E-state index in [1.807, 2.05) is 31.3 Å². The Morgan fingerprint density at radius 3 is 2.04 bits per heavy atom. The fourth-order valence-electron chi connectivity index (χ4n) is 7.17. The molecular formula is C43H37N5. The molecule has 0 saturated heterocycles. The molecule has 0 amide bonds. The third kappa shape index (κ3) is 4.87. The lowest BCUT2D eigenvalue weighted by Crippen LogP contribution is -2.37. The van der Waals surface area contributed by atoms with Crippen LogP contribution in [-0.4, -0.2) is 23.4 Å². The zero-order valence-electron chi connectivity index (χ0n) is 27.4. The Morgan fingerprint density at radius 2 is 1.29 bits per heavy atom. The van der Waals surface area contributed by atoms with Crippen molar-refractivity contribution in [3.63, 3.8) is 0 Å². The Morgan fingerprint density at radius 1 is 0.646 bits per heavy atom. The summed E-state index contributed by atoms with van der Waals surface area (Å²) in [7, 11) is 1.83. The number of nitrogens with one attached hydrogen (secondary N) is 1. The van der Waals surface area contributed by atoms with Gasteiger partial charge in [0.15, 0.2) is 0 Å². The highest BCUT2D eigenvalue weighted by atomic mass is 15.3. The molecule has 0 atom stereocenters. The van der Waals surface area contributed by atoms with E-state index >= 15 is 0 Å². The van der Waals surface area contributed by atoms with E-state index in [0.29, 0.717) is 12.5 Å². The van der Waals surface area contributed by atoms with Crippen molar-refractivity contribution in [1.29, 1.82) is 0 Å². The molecule has 0 spiro atoms. The van der Waals surface area contributed by atoms with Gasteiger partial charge >= 0.3 is 0 Å². The summed E-state index contributed by atoms with van der Waals surface area (Å²) in [5.41, 5.74) is 10.1. The van der Waals surface area contributed by atoms with E-state index in [1.54, 1.807) is 0 Å². The van der Waals surface area contributed by atoms with Crippen LogP contribution in [0.1, 0.15) is 36.1 Å². The average molecular weight is 624 g/mol. The molecule has 5 nitrogen and oxygen atoms in total. The zero-order valence-corrected chi connectivity index (χ0v) is 27.4.